The number of hydrogen-bond acceptors (Lipinski definition) is 5. The summed E-state index contributed by atoms with van der Waals surface area (Å²) in [7, 11) is 1.65. The summed E-state index contributed by atoms with van der Waals surface area (Å²) in [4.78, 5) is 41.7. The van der Waals surface area contributed by atoms with Crippen molar-refractivity contribution in [3.05, 3.63) is 106 Å². The van der Waals surface area contributed by atoms with Gasteiger partial charge >= 0.3 is 0 Å². The quantitative estimate of drug-likeness (QED) is 0.332. The zero-order valence-corrected chi connectivity index (χ0v) is 22.1. The summed E-state index contributed by atoms with van der Waals surface area (Å²) in [5, 5.41) is 6.03. The predicted molar refractivity (Wildman–Crippen MR) is 151 cm³/mol. The average Bonchev–Trinajstić information content (AvgIpc) is 2.87. The number of nitrogens with two attached hydrogens (primary N) is 1. The molecule has 3 aromatic carbocycles. The summed E-state index contributed by atoms with van der Waals surface area (Å²) >= 11 is 0. The van der Waals surface area contributed by atoms with Crippen LogP contribution in [0.15, 0.2) is 77.7 Å². The predicted octanol–water partition coefficient (Wildman–Crippen LogP) is 5.15. The molecule has 1 aromatic heterocycles. The van der Waals surface area contributed by atoms with Crippen LogP contribution < -0.4 is 21.9 Å². The topological polar surface area (TPSA) is 119 Å². The maximum atomic E-state index is 13.0. The standard InChI is InChI=1S/C30H31N5O3/c1-18-23(7-6-8-24(18)34-28(37)20-9-13-21(14-10-20)30(2,3)4)25-17-35(5)29(38)27(33-25)32-22-15-11-19(12-16-22)26(31)36/h6-17H,1-5H3,(H2,31,36)(H,32,33)(H,34,37). The lowest BCUT2D eigenvalue weighted by Crippen LogP contribution is -2.21. The monoisotopic (exact) mass is 509 g/mol. The molecule has 38 heavy (non-hydrogen) atoms. The molecule has 0 bridgehead atoms. The van der Waals surface area contributed by atoms with E-state index in [1.807, 2.05) is 49.4 Å². The molecular weight excluding hydrogens is 478 g/mol. The Morgan fingerprint density at radius 3 is 2.16 bits per heavy atom. The SMILES string of the molecule is Cc1c(NC(=O)c2ccc(C(C)(C)C)cc2)cccc1-c1cn(C)c(=O)c(Nc2ccc(C(N)=O)cc2)n1. The number of anilines is 3. The fourth-order valence-electron chi connectivity index (χ4n) is 4.04. The Kier molecular flexibility index (Phi) is 7.17. The largest absolute Gasteiger partial charge is 0.366 e. The zero-order chi connectivity index (χ0) is 27.6. The van der Waals surface area contributed by atoms with E-state index in [4.69, 9.17) is 5.73 Å². The number of nitrogens with one attached hydrogen (secondary N) is 2. The summed E-state index contributed by atoms with van der Waals surface area (Å²) in [6.07, 6.45) is 1.66. The van der Waals surface area contributed by atoms with Gasteiger partial charge in [0.15, 0.2) is 5.82 Å². The van der Waals surface area contributed by atoms with Crippen molar-refractivity contribution in [3.8, 4) is 11.3 Å². The first-order valence-corrected chi connectivity index (χ1v) is 12.2. The van der Waals surface area contributed by atoms with Crippen LogP contribution in [0.5, 0.6) is 0 Å². The lowest BCUT2D eigenvalue weighted by Gasteiger charge is -2.19. The van der Waals surface area contributed by atoms with E-state index in [1.54, 1.807) is 37.5 Å². The molecule has 194 valence electrons. The Morgan fingerprint density at radius 1 is 0.921 bits per heavy atom. The zero-order valence-electron chi connectivity index (χ0n) is 22.1. The van der Waals surface area contributed by atoms with Crippen LogP contribution in [-0.2, 0) is 12.5 Å². The first-order valence-electron chi connectivity index (χ1n) is 12.2. The number of nitrogens with zero attached hydrogens (tertiary/aromatic N) is 2. The van der Waals surface area contributed by atoms with Gasteiger partial charge in [-0.15, -0.1) is 0 Å². The average molecular weight is 510 g/mol. The fraction of sp³-hybridized carbons (Fsp3) is 0.200. The van der Waals surface area contributed by atoms with Gasteiger partial charge in [-0.25, -0.2) is 4.98 Å². The van der Waals surface area contributed by atoms with E-state index < -0.39 is 5.91 Å². The van der Waals surface area contributed by atoms with E-state index in [0.717, 1.165) is 16.7 Å². The van der Waals surface area contributed by atoms with E-state index in [-0.39, 0.29) is 22.7 Å². The van der Waals surface area contributed by atoms with Crippen LogP contribution in [0.3, 0.4) is 0 Å². The maximum absolute atomic E-state index is 13.0. The van der Waals surface area contributed by atoms with Gasteiger partial charge in [0.05, 0.1) is 5.69 Å². The number of hydrogen-bond donors (Lipinski definition) is 3. The molecule has 0 radical (unpaired) electrons. The third kappa shape index (κ3) is 5.64. The first-order chi connectivity index (χ1) is 17.9. The molecule has 4 aromatic rings. The van der Waals surface area contributed by atoms with Crippen LogP contribution in [0.4, 0.5) is 17.2 Å². The highest BCUT2D eigenvalue weighted by molar-refractivity contribution is 6.05. The number of benzene rings is 3. The van der Waals surface area contributed by atoms with Gasteiger partial charge in [-0.05, 0) is 65.9 Å². The molecule has 8 nitrogen and oxygen atoms in total. The van der Waals surface area contributed by atoms with Crippen LogP contribution in [0.25, 0.3) is 11.3 Å². The number of amides is 2. The van der Waals surface area contributed by atoms with Gasteiger partial charge in [-0.1, -0.05) is 45.0 Å². The highest BCUT2D eigenvalue weighted by atomic mass is 16.2. The molecule has 2 amide bonds. The Morgan fingerprint density at radius 2 is 1.55 bits per heavy atom. The summed E-state index contributed by atoms with van der Waals surface area (Å²) in [5.41, 5.74) is 10.5. The van der Waals surface area contributed by atoms with Crippen LogP contribution >= 0.6 is 0 Å². The van der Waals surface area contributed by atoms with E-state index in [0.29, 0.717) is 28.2 Å². The van der Waals surface area contributed by atoms with E-state index in [1.165, 1.54) is 4.57 Å². The summed E-state index contributed by atoms with van der Waals surface area (Å²) < 4.78 is 1.45. The van der Waals surface area contributed by atoms with Crippen molar-refractivity contribution in [2.24, 2.45) is 12.8 Å². The Bertz CT molecular complexity index is 1560. The molecule has 0 fully saturated rings. The summed E-state index contributed by atoms with van der Waals surface area (Å²) in [5.74, 6) is -0.609. The van der Waals surface area contributed by atoms with E-state index in [2.05, 4.69) is 36.4 Å². The molecule has 0 aliphatic rings. The van der Waals surface area contributed by atoms with Gasteiger partial charge < -0.3 is 20.9 Å². The molecule has 0 aliphatic carbocycles. The third-order valence-electron chi connectivity index (χ3n) is 6.37. The van der Waals surface area contributed by atoms with Gasteiger partial charge in [-0.3, -0.25) is 14.4 Å². The molecule has 0 unspecified atom stereocenters. The minimum Gasteiger partial charge on any atom is -0.366 e. The van der Waals surface area contributed by atoms with Crippen molar-refractivity contribution in [2.45, 2.75) is 33.1 Å². The highest BCUT2D eigenvalue weighted by Crippen LogP contribution is 2.29. The van der Waals surface area contributed by atoms with Crippen LogP contribution in [0.2, 0.25) is 0 Å². The normalized spacial score (nSPS) is 11.2. The van der Waals surface area contributed by atoms with Crippen molar-refractivity contribution in [2.75, 3.05) is 10.6 Å². The van der Waals surface area contributed by atoms with Crippen LogP contribution in [0.1, 0.15) is 52.6 Å². The van der Waals surface area contributed by atoms with Gasteiger partial charge in [0.1, 0.15) is 0 Å². The van der Waals surface area contributed by atoms with Crippen molar-refractivity contribution < 1.29 is 9.59 Å². The van der Waals surface area contributed by atoms with Crippen molar-refractivity contribution in [3.63, 3.8) is 0 Å². The van der Waals surface area contributed by atoms with Crippen LogP contribution in [0, 0.1) is 6.92 Å². The third-order valence-corrected chi connectivity index (χ3v) is 6.37. The summed E-state index contributed by atoms with van der Waals surface area (Å²) in [6.45, 7) is 8.29. The minimum absolute atomic E-state index is 0.00335. The molecule has 0 saturated heterocycles. The lowest BCUT2D eigenvalue weighted by molar-refractivity contribution is 0.0997. The first kappa shape index (κ1) is 26.3. The molecule has 0 aliphatic heterocycles. The molecule has 4 N–H and O–H groups in total. The highest BCUT2D eigenvalue weighted by Gasteiger charge is 2.16. The lowest BCUT2D eigenvalue weighted by atomic mass is 9.86. The van der Waals surface area contributed by atoms with E-state index >= 15 is 0 Å². The second-order valence-corrected chi connectivity index (χ2v) is 10.2. The van der Waals surface area contributed by atoms with Crippen LogP contribution in [-0.4, -0.2) is 21.4 Å². The molecule has 0 saturated carbocycles. The number of aromatic nitrogens is 2. The van der Waals surface area contributed by atoms with Gasteiger partial charge in [0.25, 0.3) is 11.5 Å². The summed E-state index contributed by atoms with van der Waals surface area (Å²) in [6, 6.07) is 19.6. The number of primary amides is 1. The molecule has 0 atom stereocenters. The number of carbonyl (C=O) groups is 2. The molecule has 0 spiro atoms. The second kappa shape index (κ2) is 10.3. The smallest absolute Gasteiger partial charge is 0.293 e. The van der Waals surface area contributed by atoms with Gasteiger partial charge in [0, 0.05) is 41.3 Å². The van der Waals surface area contributed by atoms with Crippen molar-refractivity contribution in [1.29, 1.82) is 0 Å². The Hall–Kier alpha value is -4.72. The fourth-order valence-corrected chi connectivity index (χ4v) is 4.04. The minimum atomic E-state index is -0.531. The second-order valence-electron chi connectivity index (χ2n) is 10.2. The Balaban J connectivity index is 1.62. The number of rotatable bonds is 6. The number of carbonyl (C=O) groups excluding carboxylic acids is 2. The molecular formula is C30H31N5O3. The molecule has 1 heterocycles. The molecule has 4 rings (SSSR count). The Labute approximate surface area is 221 Å². The van der Waals surface area contributed by atoms with Gasteiger partial charge in [-0.2, -0.15) is 0 Å². The van der Waals surface area contributed by atoms with E-state index in [9.17, 15) is 14.4 Å². The van der Waals surface area contributed by atoms with Crippen molar-refractivity contribution >= 4 is 29.0 Å². The number of aryl methyl sites for hydroxylation is 1. The maximum Gasteiger partial charge on any atom is 0.293 e. The van der Waals surface area contributed by atoms with Crippen molar-refractivity contribution in [1.82, 2.24) is 9.55 Å². The molecule has 8 heteroatoms. The van der Waals surface area contributed by atoms with Gasteiger partial charge in [0.2, 0.25) is 5.91 Å².